The molecule has 3 aromatic rings. The van der Waals surface area contributed by atoms with Gasteiger partial charge in [-0.05, 0) is 35.4 Å². The minimum atomic E-state index is 1.16. The molecule has 3 nitrogen and oxygen atoms in total. The molecule has 82 valence electrons. The fraction of sp³-hybridized carbons (Fsp3) is 0. The Morgan fingerprint density at radius 1 is 0.647 bits per heavy atom. The van der Waals surface area contributed by atoms with Crippen LogP contribution in [0.4, 0.5) is 0 Å². The normalized spacial score (nSPS) is 10.4. The van der Waals surface area contributed by atoms with Crippen molar-refractivity contribution in [1.29, 1.82) is 0 Å². The van der Waals surface area contributed by atoms with E-state index in [2.05, 4.69) is 15.0 Å². The molecule has 17 heavy (non-hydrogen) atoms. The van der Waals surface area contributed by atoms with Crippen molar-refractivity contribution in [3.05, 3.63) is 61.4 Å². The van der Waals surface area contributed by atoms with Crippen molar-refractivity contribution in [2.75, 3.05) is 0 Å². The number of hydrogen-bond acceptors (Lipinski definition) is 2. The highest BCUT2D eigenvalue weighted by atomic mass is 14.7. The lowest BCUT2D eigenvalue weighted by Gasteiger charge is -2.03. The Morgan fingerprint density at radius 3 is 1.47 bits per heavy atom. The van der Waals surface area contributed by atoms with Gasteiger partial charge in [-0.2, -0.15) is 0 Å². The highest BCUT2D eigenvalue weighted by Crippen LogP contribution is 2.30. The van der Waals surface area contributed by atoms with Gasteiger partial charge in [0, 0.05) is 48.3 Å². The van der Waals surface area contributed by atoms with Crippen LogP contribution in [0.15, 0.2) is 61.4 Å². The number of rotatable bonds is 2. The van der Waals surface area contributed by atoms with Crippen LogP contribution in [0.2, 0.25) is 0 Å². The molecule has 3 heteroatoms. The van der Waals surface area contributed by atoms with Crippen LogP contribution in [0.5, 0.6) is 0 Å². The van der Waals surface area contributed by atoms with Gasteiger partial charge in [0.05, 0.1) is 0 Å². The van der Waals surface area contributed by atoms with Crippen LogP contribution >= 0.6 is 0 Å². The maximum absolute atomic E-state index is 4.04. The quantitative estimate of drug-likeness (QED) is 0.722. The molecule has 0 amide bonds. The zero-order valence-corrected chi connectivity index (χ0v) is 9.17. The number of aromatic amines is 1. The summed E-state index contributed by atoms with van der Waals surface area (Å²) in [5, 5.41) is 0. The molecule has 0 spiro atoms. The van der Waals surface area contributed by atoms with Crippen LogP contribution in [-0.4, -0.2) is 15.0 Å². The van der Waals surface area contributed by atoms with E-state index in [0.29, 0.717) is 0 Å². The summed E-state index contributed by atoms with van der Waals surface area (Å²) in [6, 6.07) is 8.03. The first-order valence-electron chi connectivity index (χ1n) is 5.43. The predicted octanol–water partition coefficient (Wildman–Crippen LogP) is 3.14. The molecule has 3 rings (SSSR count). The van der Waals surface area contributed by atoms with Gasteiger partial charge in [0.25, 0.3) is 0 Å². The van der Waals surface area contributed by atoms with E-state index in [-0.39, 0.29) is 0 Å². The van der Waals surface area contributed by atoms with E-state index in [0.717, 1.165) is 11.1 Å². The number of aromatic nitrogens is 3. The van der Waals surface area contributed by atoms with Gasteiger partial charge < -0.3 is 4.98 Å². The predicted molar refractivity (Wildman–Crippen MR) is 67.3 cm³/mol. The SMILES string of the molecule is c1cc(-c2c[nH]cc2-c2ccncc2)ccn1. The second kappa shape index (κ2) is 4.22. The highest BCUT2D eigenvalue weighted by molar-refractivity contribution is 5.82. The largest absolute Gasteiger partial charge is 0.366 e. The molecular weight excluding hydrogens is 210 g/mol. The van der Waals surface area contributed by atoms with Crippen LogP contribution in [-0.2, 0) is 0 Å². The number of hydrogen-bond donors (Lipinski definition) is 1. The summed E-state index contributed by atoms with van der Waals surface area (Å²) in [4.78, 5) is 11.2. The molecule has 3 heterocycles. The lowest BCUT2D eigenvalue weighted by Crippen LogP contribution is -1.81. The third-order valence-corrected chi connectivity index (χ3v) is 2.73. The topological polar surface area (TPSA) is 41.6 Å². The average molecular weight is 221 g/mol. The Labute approximate surface area is 99.2 Å². The van der Waals surface area contributed by atoms with Gasteiger partial charge >= 0.3 is 0 Å². The summed E-state index contributed by atoms with van der Waals surface area (Å²) < 4.78 is 0. The van der Waals surface area contributed by atoms with E-state index in [1.54, 1.807) is 24.8 Å². The molecule has 0 fully saturated rings. The number of H-pyrrole nitrogens is 1. The Morgan fingerprint density at radius 2 is 1.06 bits per heavy atom. The van der Waals surface area contributed by atoms with Crippen molar-refractivity contribution < 1.29 is 0 Å². The van der Waals surface area contributed by atoms with E-state index in [1.807, 2.05) is 36.7 Å². The third kappa shape index (κ3) is 1.83. The summed E-state index contributed by atoms with van der Waals surface area (Å²) in [7, 11) is 0. The van der Waals surface area contributed by atoms with E-state index < -0.39 is 0 Å². The van der Waals surface area contributed by atoms with Crippen molar-refractivity contribution in [2.24, 2.45) is 0 Å². The minimum absolute atomic E-state index is 1.16. The lowest BCUT2D eigenvalue weighted by molar-refractivity contribution is 1.33. The maximum Gasteiger partial charge on any atom is 0.0273 e. The average Bonchev–Trinajstić information content (AvgIpc) is 2.90. The van der Waals surface area contributed by atoms with Crippen molar-refractivity contribution in [3.8, 4) is 22.3 Å². The molecule has 1 N–H and O–H groups in total. The Balaban J connectivity index is 2.13. The highest BCUT2D eigenvalue weighted by Gasteiger charge is 2.07. The van der Waals surface area contributed by atoms with Crippen LogP contribution in [0, 0.1) is 0 Å². The molecule has 0 atom stereocenters. The molecule has 3 aromatic heterocycles. The first-order valence-corrected chi connectivity index (χ1v) is 5.43. The van der Waals surface area contributed by atoms with Crippen molar-refractivity contribution in [2.45, 2.75) is 0 Å². The van der Waals surface area contributed by atoms with Crippen LogP contribution in [0.3, 0.4) is 0 Å². The molecule has 0 aromatic carbocycles. The zero-order valence-electron chi connectivity index (χ0n) is 9.17. The standard InChI is InChI=1S/C14H11N3/c1-5-15-6-2-11(1)13-9-17-10-14(13)12-3-7-16-8-4-12/h1-10,17H. The number of nitrogens with one attached hydrogen (secondary N) is 1. The second-order valence-corrected chi connectivity index (χ2v) is 3.75. The van der Waals surface area contributed by atoms with Crippen LogP contribution in [0.25, 0.3) is 22.3 Å². The smallest absolute Gasteiger partial charge is 0.0273 e. The van der Waals surface area contributed by atoms with Crippen molar-refractivity contribution >= 4 is 0 Å². The molecule has 0 saturated heterocycles. The summed E-state index contributed by atoms with van der Waals surface area (Å²) in [6.45, 7) is 0. The minimum Gasteiger partial charge on any atom is -0.366 e. The molecule has 0 aliphatic rings. The van der Waals surface area contributed by atoms with Gasteiger partial charge in [-0.25, -0.2) is 0 Å². The monoisotopic (exact) mass is 221 g/mol. The van der Waals surface area contributed by atoms with Crippen molar-refractivity contribution in [3.63, 3.8) is 0 Å². The van der Waals surface area contributed by atoms with Gasteiger partial charge in [-0.15, -0.1) is 0 Å². The summed E-state index contributed by atoms with van der Waals surface area (Å²) >= 11 is 0. The fourth-order valence-corrected chi connectivity index (χ4v) is 1.90. The molecular formula is C14H11N3. The van der Waals surface area contributed by atoms with E-state index in [4.69, 9.17) is 0 Å². The van der Waals surface area contributed by atoms with E-state index >= 15 is 0 Å². The van der Waals surface area contributed by atoms with Gasteiger partial charge in [-0.3, -0.25) is 9.97 Å². The third-order valence-electron chi connectivity index (χ3n) is 2.73. The summed E-state index contributed by atoms with van der Waals surface area (Å²) in [6.07, 6.45) is 11.2. The van der Waals surface area contributed by atoms with Gasteiger partial charge in [0.1, 0.15) is 0 Å². The maximum atomic E-state index is 4.04. The summed E-state index contributed by atoms with van der Waals surface area (Å²) in [5.41, 5.74) is 4.68. The fourth-order valence-electron chi connectivity index (χ4n) is 1.90. The van der Waals surface area contributed by atoms with E-state index in [9.17, 15) is 0 Å². The van der Waals surface area contributed by atoms with Crippen LogP contribution in [0.1, 0.15) is 0 Å². The molecule has 0 aliphatic carbocycles. The number of nitrogens with zero attached hydrogens (tertiary/aromatic N) is 2. The first-order chi connectivity index (χ1) is 8.45. The molecule has 0 aliphatic heterocycles. The Bertz CT molecular complexity index is 546. The summed E-state index contributed by atoms with van der Waals surface area (Å²) in [5.74, 6) is 0. The molecule has 0 saturated carbocycles. The van der Waals surface area contributed by atoms with E-state index in [1.165, 1.54) is 11.1 Å². The van der Waals surface area contributed by atoms with Crippen molar-refractivity contribution in [1.82, 2.24) is 15.0 Å². The first kappa shape index (κ1) is 9.78. The van der Waals surface area contributed by atoms with Gasteiger partial charge in [0.2, 0.25) is 0 Å². The molecule has 0 radical (unpaired) electrons. The molecule has 0 unspecified atom stereocenters. The van der Waals surface area contributed by atoms with Gasteiger partial charge in [-0.1, -0.05) is 0 Å². The lowest BCUT2D eigenvalue weighted by atomic mass is 10.0. The van der Waals surface area contributed by atoms with Crippen LogP contribution < -0.4 is 0 Å². The molecule has 0 bridgehead atoms. The zero-order chi connectivity index (χ0) is 11.5. The van der Waals surface area contributed by atoms with Gasteiger partial charge in [0.15, 0.2) is 0 Å². The number of pyridine rings is 2. The Hall–Kier alpha value is -2.42. The second-order valence-electron chi connectivity index (χ2n) is 3.75. The Kier molecular flexibility index (Phi) is 2.43.